The van der Waals surface area contributed by atoms with Crippen LogP contribution in [-0.4, -0.2) is 5.11 Å². The van der Waals surface area contributed by atoms with E-state index in [1.165, 1.54) is 12.8 Å². The van der Waals surface area contributed by atoms with E-state index in [1.807, 2.05) is 6.07 Å². The van der Waals surface area contributed by atoms with Crippen molar-refractivity contribution in [3.63, 3.8) is 0 Å². The van der Waals surface area contributed by atoms with Gasteiger partial charge in [0.15, 0.2) is 0 Å². The quantitative estimate of drug-likeness (QED) is 0.838. The van der Waals surface area contributed by atoms with E-state index in [2.05, 4.69) is 15.9 Å². The first-order chi connectivity index (χ1) is 6.70. The van der Waals surface area contributed by atoms with Gasteiger partial charge in [0.1, 0.15) is 11.4 Å². The summed E-state index contributed by atoms with van der Waals surface area (Å²) in [5, 5.41) is 10.6. The van der Waals surface area contributed by atoms with Crippen molar-refractivity contribution in [3.8, 4) is 0 Å². The topological polar surface area (TPSA) is 33.4 Å². The van der Waals surface area contributed by atoms with E-state index in [0.29, 0.717) is 11.8 Å². The molecule has 1 aromatic heterocycles. The summed E-state index contributed by atoms with van der Waals surface area (Å²) in [6.45, 7) is 0. The van der Waals surface area contributed by atoms with E-state index < -0.39 is 5.60 Å². The highest BCUT2D eigenvalue weighted by Crippen LogP contribution is 2.56. The third kappa shape index (κ3) is 1.06. The van der Waals surface area contributed by atoms with E-state index in [-0.39, 0.29) is 0 Å². The van der Waals surface area contributed by atoms with Crippen molar-refractivity contribution in [2.75, 3.05) is 0 Å². The molecule has 0 saturated heterocycles. The van der Waals surface area contributed by atoms with Crippen LogP contribution >= 0.6 is 15.9 Å². The molecule has 3 unspecified atom stereocenters. The standard InChI is InChI=1S/C11H13BrO2/c12-9-3-4-14-10(9)11(13)6-7-1-2-8(11)5-7/h3-4,7-8,13H,1-2,5-6H2. The minimum atomic E-state index is -0.689. The molecule has 0 amide bonds. The normalized spacial score (nSPS) is 40.7. The monoisotopic (exact) mass is 256 g/mol. The van der Waals surface area contributed by atoms with Gasteiger partial charge in [-0.3, -0.25) is 0 Å². The van der Waals surface area contributed by atoms with E-state index in [1.54, 1.807) is 6.26 Å². The van der Waals surface area contributed by atoms with Crippen molar-refractivity contribution in [3.05, 3.63) is 22.6 Å². The Balaban J connectivity index is 2.02. The summed E-state index contributed by atoms with van der Waals surface area (Å²) in [5.74, 6) is 1.86. The second kappa shape index (κ2) is 2.86. The van der Waals surface area contributed by atoms with Crippen LogP contribution in [0.1, 0.15) is 31.4 Å². The summed E-state index contributed by atoms with van der Waals surface area (Å²) < 4.78 is 6.32. The fourth-order valence-corrected chi connectivity index (χ4v) is 3.73. The predicted octanol–water partition coefficient (Wildman–Crippen LogP) is 3.05. The summed E-state index contributed by atoms with van der Waals surface area (Å²) in [5.41, 5.74) is -0.689. The number of fused-ring (bicyclic) bond motifs is 2. The van der Waals surface area contributed by atoms with E-state index in [0.717, 1.165) is 23.1 Å². The van der Waals surface area contributed by atoms with Gasteiger partial charge in [-0.05, 0) is 59.5 Å². The third-order valence-electron chi connectivity index (χ3n) is 3.83. The minimum absolute atomic E-state index is 0.412. The molecule has 0 radical (unpaired) electrons. The molecule has 2 bridgehead atoms. The predicted molar refractivity (Wildman–Crippen MR) is 55.8 cm³/mol. The lowest BCUT2D eigenvalue weighted by molar-refractivity contribution is -0.0374. The zero-order chi connectivity index (χ0) is 9.76. The fourth-order valence-electron chi connectivity index (χ4n) is 3.18. The number of aliphatic hydroxyl groups is 1. The van der Waals surface area contributed by atoms with E-state index >= 15 is 0 Å². The van der Waals surface area contributed by atoms with Gasteiger partial charge in [0.2, 0.25) is 0 Å². The molecule has 2 aliphatic rings. The molecule has 0 aromatic carbocycles. The zero-order valence-corrected chi connectivity index (χ0v) is 9.46. The Morgan fingerprint density at radius 3 is 2.86 bits per heavy atom. The van der Waals surface area contributed by atoms with Crippen molar-refractivity contribution in [1.29, 1.82) is 0 Å². The molecule has 3 rings (SSSR count). The van der Waals surface area contributed by atoms with Gasteiger partial charge in [0.05, 0.1) is 10.7 Å². The van der Waals surface area contributed by atoms with Crippen LogP contribution in [0.15, 0.2) is 21.2 Å². The van der Waals surface area contributed by atoms with Gasteiger partial charge >= 0.3 is 0 Å². The first-order valence-electron chi connectivity index (χ1n) is 5.16. The summed E-state index contributed by atoms with van der Waals surface area (Å²) in [4.78, 5) is 0. The first kappa shape index (κ1) is 8.98. The SMILES string of the molecule is OC1(c2occc2Br)CC2CCC1C2. The Bertz CT molecular complexity index is 360. The molecule has 76 valence electrons. The minimum Gasteiger partial charge on any atom is -0.465 e. The molecule has 3 heteroatoms. The highest BCUT2D eigenvalue weighted by Gasteiger charge is 2.53. The molecule has 1 aromatic rings. The Kier molecular flexibility index (Phi) is 1.83. The third-order valence-corrected chi connectivity index (χ3v) is 4.45. The molecule has 0 spiro atoms. The molecule has 14 heavy (non-hydrogen) atoms. The average molecular weight is 257 g/mol. The van der Waals surface area contributed by atoms with Crippen molar-refractivity contribution < 1.29 is 9.52 Å². The maximum Gasteiger partial charge on any atom is 0.149 e. The molecule has 1 heterocycles. The molecular weight excluding hydrogens is 244 g/mol. The van der Waals surface area contributed by atoms with Gasteiger partial charge in [-0.15, -0.1) is 0 Å². The van der Waals surface area contributed by atoms with Crippen LogP contribution < -0.4 is 0 Å². The lowest BCUT2D eigenvalue weighted by Crippen LogP contribution is -2.31. The number of furan rings is 1. The van der Waals surface area contributed by atoms with E-state index in [9.17, 15) is 5.11 Å². The molecule has 2 saturated carbocycles. The van der Waals surface area contributed by atoms with Gasteiger partial charge in [-0.2, -0.15) is 0 Å². The second-order valence-corrected chi connectivity index (χ2v) is 5.46. The molecule has 2 aliphatic carbocycles. The summed E-state index contributed by atoms with van der Waals surface area (Å²) >= 11 is 3.43. The highest BCUT2D eigenvalue weighted by atomic mass is 79.9. The van der Waals surface area contributed by atoms with Crippen LogP contribution in [0.25, 0.3) is 0 Å². The van der Waals surface area contributed by atoms with Crippen molar-refractivity contribution in [2.45, 2.75) is 31.3 Å². The Hall–Kier alpha value is -0.280. The fraction of sp³-hybridized carbons (Fsp3) is 0.636. The first-order valence-corrected chi connectivity index (χ1v) is 5.95. The lowest BCUT2D eigenvalue weighted by Gasteiger charge is -2.30. The molecule has 0 aliphatic heterocycles. The molecule has 2 nitrogen and oxygen atoms in total. The highest BCUT2D eigenvalue weighted by molar-refractivity contribution is 9.10. The smallest absolute Gasteiger partial charge is 0.149 e. The Morgan fingerprint density at radius 2 is 2.36 bits per heavy atom. The number of halogens is 1. The van der Waals surface area contributed by atoms with Gasteiger partial charge in [-0.1, -0.05) is 0 Å². The van der Waals surface area contributed by atoms with Crippen LogP contribution in [0.3, 0.4) is 0 Å². The largest absolute Gasteiger partial charge is 0.465 e. The van der Waals surface area contributed by atoms with Crippen LogP contribution in [0, 0.1) is 11.8 Å². The molecule has 2 fully saturated rings. The summed E-state index contributed by atoms with van der Waals surface area (Å²) in [6.07, 6.45) is 6.12. The Morgan fingerprint density at radius 1 is 1.50 bits per heavy atom. The van der Waals surface area contributed by atoms with Crippen LogP contribution in [0.4, 0.5) is 0 Å². The molecular formula is C11H13BrO2. The van der Waals surface area contributed by atoms with Gasteiger partial charge < -0.3 is 9.52 Å². The van der Waals surface area contributed by atoms with Crippen molar-refractivity contribution in [2.24, 2.45) is 11.8 Å². The summed E-state index contributed by atoms with van der Waals surface area (Å²) in [6, 6.07) is 1.86. The molecule has 3 atom stereocenters. The number of hydrogen-bond donors (Lipinski definition) is 1. The maximum atomic E-state index is 10.6. The van der Waals surface area contributed by atoms with Crippen molar-refractivity contribution in [1.82, 2.24) is 0 Å². The average Bonchev–Trinajstić information content (AvgIpc) is 2.78. The van der Waals surface area contributed by atoms with Crippen LogP contribution in [0.5, 0.6) is 0 Å². The second-order valence-electron chi connectivity index (χ2n) is 4.60. The van der Waals surface area contributed by atoms with E-state index in [4.69, 9.17) is 4.42 Å². The van der Waals surface area contributed by atoms with Crippen LogP contribution in [-0.2, 0) is 5.60 Å². The Labute approximate surface area is 91.4 Å². The lowest BCUT2D eigenvalue weighted by atomic mass is 9.82. The summed E-state index contributed by atoms with van der Waals surface area (Å²) in [7, 11) is 0. The maximum absolute atomic E-state index is 10.6. The zero-order valence-electron chi connectivity index (χ0n) is 7.87. The number of rotatable bonds is 1. The number of hydrogen-bond acceptors (Lipinski definition) is 2. The van der Waals surface area contributed by atoms with Gasteiger partial charge in [0, 0.05) is 0 Å². The van der Waals surface area contributed by atoms with Gasteiger partial charge in [0.25, 0.3) is 0 Å². The van der Waals surface area contributed by atoms with Gasteiger partial charge in [-0.25, -0.2) is 0 Å². The van der Waals surface area contributed by atoms with Crippen LogP contribution in [0.2, 0.25) is 0 Å². The van der Waals surface area contributed by atoms with Crippen molar-refractivity contribution >= 4 is 15.9 Å². The molecule has 1 N–H and O–H groups in total.